The van der Waals surface area contributed by atoms with Crippen LogP contribution in [0.1, 0.15) is 24.2 Å². The van der Waals surface area contributed by atoms with E-state index in [2.05, 4.69) is 10.1 Å². The van der Waals surface area contributed by atoms with Crippen LogP contribution in [0.4, 0.5) is 11.4 Å². The highest BCUT2D eigenvalue weighted by atomic mass is 16.5. The fourth-order valence-electron chi connectivity index (χ4n) is 1.49. The van der Waals surface area contributed by atoms with Gasteiger partial charge in [0.15, 0.2) is 0 Å². The lowest BCUT2D eigenvalue weighted by Gasteiger charge is -2.13. The molecule has 0 amide bonds. The van der Waals surface area contributed by atoms with Gasteiger partial charge in [-0.1, -0.05) is 6.07 Å². The number of nitrogen functional groups attached to an aromatic ring is 1. The fourth-order valence-corrected chi connectivity index (χ4v) is 1.49. The van der Waals surface area contributed by atoms with Crippen LogP contribution in [0, 0.1) is 0 Å². The number of carbonyl (C=O) groups is 1. The maximum atomic E-state index is 11.5. The zero-order valence-electron chi connectivity index (χ0n) is 11.0. The fraction of sp³-hybridized carbons (Fsp3) is 0.462. The maximum absolute atomic E-state index is 11.5. The Morgan fingerprint density at radius 3 is 2.78 bits per heavy atom. The Morgan fingerprint density at radius 1 is 1.44 bits per heavy atom. The van der Waals surface area contributed by atoms with Crippen molar-refractivity contribution in [1.29, 1.82) is 0 Å². The van der Waals surface area contributed by atoms with Crippen molar-refractivity contribution in [1.82, 2.24) is 0 Å². The van der Waals surface area contributed by atoms with Crippen LogP contribution in [-0.4, -0.2) is 32.3 Å². The van der Waals surface area contributed by atoms with Crippen molar-refractivity contribution >= 4 is 17.3 Å². The molecule has 0 bridgehead atoms. The van der Waals surface area contributed by atoms with Crippen LogP contribution in [0.15, 0.2) is 18.2 Å². The van der Waals surface area contributed by atoms with Gasteiger partial charge in [0.2, 0.25) is 0 Å². The largest absolute Gasteiger partial charge is 0.465 e. The minimum absolute atomic E-state index is 0.200. The summed E-state index contributed by atoms with van der Waals surface area (Å²) in [4.78, 5) is 11.5. The number of carbonyl (C=O) groups excluding carboxylic acids is 1. The normalized spacial score (nSPS) is 10.4. The van der Waals surface area contributed by atoms with E-state index in [0.29, 0.717) is 30.1 Å². The standard InChI is InChI=1S/C13H20N2O3/c1-9(2)18-8-7-15-11-6-4-5-10(12(11)14)13(16)17-3/h4-6,9,15H,7-8,14H2,1-3H3. The number of methoxy groups -OCH3 is 1. The predicted octanol–water partition coefficient (Wildman–Crippen LogP) is 1.89. The van der Waals surface area contributed by atoms with Crippen LogP contribution in [0.25, 0.3) is 0 Å². The van der Waals surface area contributed by atoms with Crippen molar-refractivity contribution < 1.29 is 14.3 Å². The lowest BCUT2D eigenvalue weighted by molar-refractivity contribution is 0.0602. The maximum Gasteiger partial charge on any atom is 0.340 e. The van der Waals surface area contributed by atoms with Crippen LogP contribution in [-0.2, 0) is 9.47 Å². The Bertz CT molecular complexity index is 405. The molecule has 5 heteroatoms. The number of hydrogen-bond donors (Lipinski definition) is 2. The summed E-state index contributed by atoms with van der Waals surface area (Å²) in [5, 5.41) is 3.13. The summed E-state index contributed by atoms with van der Waals surface area (Å²) in [6, 6.07) is 5.21. The molecule has 1 aromatic carbocycles. The first-order chi connectivity index (χ1) is 8.56. The lowest BCUT2D eigenvalue weighted by Crippen LogP contribution is -2.15. The Labute approximate surface area is 107 Å². The second-order valence-corrected chi connectivity index (χ2v) is 4.10. The van der Waals surface area contributed by atoms with Gasteiger partial charge in [0.1, 0.15) is 0 Å². The molecule has 0 aliphatic rings. The molecular weight excluding hydrogens is 232 g/mol. The third-order valence-corrected chi connectivity index (χ3v) is 2.38. The second-order valence-electron chi connectivity index (χ2n) is 4.10. The molecule has 0 fully saturated rings. The zero-order chi connectivity index (χ0) is 13.5. The molecule has 5 nitrogen and oxygen atoms in total. The van der Waals surface area contributed by atoms with Crippen molar-refractivity contribution in [2.24, 2.45) is 0 Å². The molecule has 0 aromatic heterocycles. The molecular formula is C13H20N2O3. The summed E-state index contributed by atoms with van der Waals surface area (Å²) in [6.07, 6.45) is 0.200. The molecule has 100 valence electrons. The molecule has 1 rings (SSSR count). The van der Waals surface area contributed by atoms with Crippen molar-refractivity contribution in [2.75, 3.05) is 31.3 Å². The van der Waals surface area contributed by atoms with E-state index in [1.807, 2.05) is 19.9 Å². The Hall–Kier alpha value is -1.75. The quantitative estimate of drug-likeness (QED) is 0.459. The van der Waals surface area contributed by atoms with Crippen molar-refractivity contribution in [3.8, 4) is 0 Å². The monoisotopic (exact) mass is 252 g/mol. The third kappa shape index (κ3) is 3.92. The molecule has 0 saturated carbocycles. The first-order valence-corrected chi connectivity index (χ1v) is 5.88. The lowest BCUT2D eigenvalue weighted by atomic mass is 10.1. The SMILES string of the molecule is COC(=O)c1cccc(NCCOC(C)C)c1N. The number of anilines is 2. The summed E-state index contributed by atoms with van der Waals surface area (Å²) in [5.74, 6) is -0.436. The number of hydrogen-bond acceptors (Lipinski definition) is 5. The van der Waals surface area contributed by atoms with Crippen molar-refractivity contribution in [3.05, 3.63) is 23.8 Å². The molecule has 0 spiro atoms. The highest BCUT2D eigenvalue weighted by Gasteiger charge is 2.12. The van der Waals surface area contributed by atoms with E-state index in [1.54, 1.807) is 12.1 Å². The Balaban J connectivity index is 2.64. The summed E-state index contributed by atoms with van der Waals surface area (Å²) >= 11 is 0. The van der Waals surface area contributed by atoms with Crippen LogP contribution < -0.4 is 11.1 Å². The number of para-hydroxylation sites is 1. The van der Waals surface area contributed by atoms with Gasteiger partial charge in [-0.3, -0.25) is 0 Å². The van der Waals surface area contributed by atoms with Gasteiger partial charge in [0.25, 0.3) is 0 Å². The smallest absolute Gasteiger partial charge is 0.340 e. The number of benzene rings is 1. The molecule has 0 heterocycles. The van der Waals surface area contributed by atoms with Gasteiger partial charge in [-0.25, -0.2) is 4.79 Å². The molecule has 0 unspecified atom stereocenters. The first-order valence-electron chi connectivity index (χ1n) is 5.88. The van der Waals surface area contributed by atoms with E-state index in [0.717, 1.165) is 0 Å². The van der Waals surface area contributed by atoms with E-state index < -0.39 is 5.97 Å². The van der Waals surface area contributed by atoms with Gasteiger partial charge in [-0.05, 0) is 26.0 Å². The van der Waals surface area contributed by atoms with Gasteiger partial charge in [0.05, 0.1) is 36.8 Å². The average Bonchev–Trinajstić information content (AvgIpc) is 2.35. The van der Waals surface area contributed by atoms with E-state index >= 15 is 0 Å². The van der Waals surface area contributed by atoms with Crippen molar-refractivity contribution in [2.45, 2.75) is 20.0 Å². The van der Waals surface area contributed by atoms with Gasteiger partial charge in [0, 0.05) is 6.54 Å². The molecule has 0 radical (unpaired) electrons. The van der Waals surface area contributed by atoms with E-state index in [4.69, 9.17) is 10.5 Å². The highest BCUT2D eigenvalue weighted by molar-refractivity contribution is 5.98. The number of nitrogens with two attached hydrogens (primary N) is 1. The van der Waals surface area contributed by atoms with Gasteiger partial charge < -0.3 is 20.5 Å². The topological polar surface area (TPSA) is 73.6 Å². The first kappa shape index (κ1) is 14.3. The van der Waals surface area contributed by atoms with Gasteiger partial charge in [-0.2, -0.15) is 0 Å². The molecule has 3 N–H and O–H groups in total. The van der Waals surface area contributed by atoms with Crippen LogP contribution in [0.5, 0.6) is 0 Å². The Morgan fingerprint density at radius 2 is 2.17 bits per heavy atom. The van der Waals surface area contributed by atoms with E-state index in [1.165, 1.54) is 7.11 Å². The summed E-state index contributed by atoms with van der Waals surface area (Å²) in [6.45, 7) is 5.17. The molecule has 0 saturated heterocycles. The molecule has 0 aliphatic carbocycles. The van der Waals surface area contributed by atoms with Gasteiger partial charge >= 0.3 is 5.97 Å². The molecule has 0 atom stereocenters. The van der Waals surface area contributed by atoms with Crippen LogP contribution in [0.3, 0.4) is 0 Å². The van der Waals surface area contributed by atoms with E-state index in [-0.39, 0.29) is 6.10 Å². The Kier molecular flexibility index (Phi) is 5.45. The summed E-state index contributed by atoms with van der Waals surface area (Å²) in [5.41, 5.74) is 7.38. The minimum Gasteiger partial charge on any atom is -0.465 e. The molecule has 0 aliphatic heterocycles. The summed E-state index contributed by atoms with van der Waals surface area (Å²) < 4.78 is 10.1. The zero-order valence-corrected chi connectivity index (χ0v) is 11.0. The number of nitrogens with one attached hydrogen (secondary N) is 1. The van der Waals surface area contributed by atoms with Gasteiger partial charge in [-0.15, -0.1) is 0 Å². The minimum atomic E-state index is -0.436. The molecule has 1 aromatic rings. The number of esters is 1. The van der Waals surface area contributed by atoms with E-state index in [9.17, 15) is 4.79 Å². The number of ether oxygens (including phenoxy) is 2. The molecule has 18 heavy (non-hydrogen) atoms. The highest BCUT2D eigenvalue weighted by Crippen LogP contribution is 2.23. The average molecular weight is 252 g/mol. The predicted molar refractivity (Wildman–Crippen MR) is 71.8 cm³/mol. The van der Waals surface area contributed by atoms with Crippen LogP contribution in [0.2, 0.25) is 0 Å². The van der Waals surface area contributed by atoms with Crippen molar-refractivity contribution in [3.63, 3.8) is 0 Å². The third-order valence-electron chi connectivity index (χ3n) is 2.38. The summed E-state index contributed by atoms with van der Waals surface area (Å²) in [7, 11) is 1.33. The second kappa shape index (κ2) is 6.86. The van der Waals surface area contributed by atoms with Crippen LogP contribution >= 0.6 is 0 Å². The number of rotatable bonds is 6.